The van der Waals surface area contributed by atoms with Crippen molar-refractivity contribution >= 4 is 5.91 Å². The summed E-state index contributed by atoms with van der Waals surface area (Å²) in [6, 6.07) is 12.4. The molecule has 1 unspecified atom stereocenters. The van der Waals surface area contributed by atoms with Crippen molar-refractivity contribution in [3.8, 4) is 0 Å². The van der Waals surface area contributed by atoms with Gasteiger partial charge in [0.25, 0.3) is 5.91 Å². The summed E-state index contributed by atoms with van der Waals surface area (Å²) in [6.07, 6.45) is 1.87. The van der Waals surface area contributed by atoms with E-state index >= 15 is 0 Å². The Morgan fingerprint density at radius 2 is 1.97 bits per heavy atom. The summed E-state index contributed by atoms with van der Waals surface area (Å²) in [5, 5.41) is 12.1. The van der Waals surface area contributed by atoms with Crippen LogP contribution in [0.3, 0.4) is 0 Å². The van der Waals surface area contributed by atoms with Crippen LogP contribution in [0, 0.1) is 5.41 Å². The second-order valence-electron chi connectivity index (χ2n) is 9.52. The lowest BCUT2D eigenvalue weighted by atomic mass is 9.71. The van der Waals surface area contributed by atoms with Gasteiger partial charge in [-0.2, -0.15) is 10.2 Å². The van der Waals surface area contributed by atoms with E-state index in [0.717, 1.165) is 50.9 Å². The number of nitrogens with one attached hydrogen (secondary N) is 1. The number of H-pyrrole nitrogens is 1. The molecule has 2 aliphatic heterocycles. The minimum atomic E-state index is -0.00839. The number of carbonyl (C=O) groups is 1. The molecule has 168 valence electrons. The molecule has 0 aliphatic carbocycles. The number of aromatic amines is 1. The summed E-state index contributed by atoms with van der Waals surface area (Å²) >= 11 is 0. The predicted molar refractivity (Wildman–Crippen MR) is 121 cm³/mol. The number of aromatic nitrogens is 5. The van der Waals surface area contributed by atoms with Crippen LogP contribution in [0.15, 0.2) is 42.6 Å². The maximum Gasteiger partial charge on any atom is 0.274 e. The van der Waals surface area contributed by atoms with Gasteiger partial charge in [0.15, 0.2) is 5.82 Å². The summed E-state index contributed by atoms with van der Waals surface area (Å²) in [5.41, 5.74) is 1.83. The number of likely N-dealkylation sites (tertiary alicyclic amines) is 2. The largest absolute Gasteiger partial charge is 0.336 e. The zero-order valence-corrected chi connectivity index (χ0v) is 19.0. The molecule has 3 aromatic rings. The molecule has 2 aliphatic rings. The maximum absolute atomic E-state index is 13.0. The van der Waals surface area contributed by atoms with E-state index in [0.29, 0.717) is 5.69 Å². The van der Waals surface area contributed by atoms with E-state index in [9.17, 15) is 4.79 Å². The van der Waals surface area contributed by atoms with Crippen molar-refractivity contribution in [3.05, 3.63) is 65.5 Å². The Kier molecular flexibility index (Phi) is 5.33. The molecule has 8 nitrogen and oxygen atoms in total. The quantitative estimate of drug-likeness (QED) is 0.646. The number of hydrogen-bond acceptors (Lipinski definition) is 5. The molecule has 4 heterocycles. The molecule has 1 N–H and O–H groups in total. The number of hydrogen-bond donors (Lipinski definition) is 1. The van der Waals surface area contributed by atoms with Gasteiger partial charge in [0.2, 0.25) is 0 Å². The van der Waals surface area contributed by atoms with Crippen molar-refractivity contribution in [2.24, 2.45) is 5.41 Å². The zero-order chi connectivity index (χ0) is 22.3. The molecule has 32 heavy (non-hydrogen) atoms. The van der Waals surface area contributed by atoms with Gasteiger partial charge in [-0.3, -0.25) is 19.5 Å². The van der Waals surface area contributed by atoms with E-state index < -0.39 is 0 Å². The highest BCUT2D eigenvalue weighted by Crippen LogP contribution is 2.49. The third kappa shape index (κ3) is 3.72. The van der Waals surface area contributed by atoms with Crippen molar-refractivity contribution in [2.75, 3.05) is 26.2 Å². The second-order valence-corrected chi connectivity index (χ2v) is 9.52. The molecular weight excluding hydrogens is 402 g/mol. The van der Waals surface area contributed by atoms with E-state index in [1.807, 2.05) is 24.1 Å². The molecule has 2 aromatic heterocycles. The Morgan fingerprint density at radius 1 is 1.19 bits per heavy atom. The number of nitrogens with zero attached hydrogens (tertiary/aromatic N) is 6. The van der Waals surface area contributed by atoms with Crippen LogP contribution in [0.1, 0.15) is 60.3 Å². The minimum absolute atomic E-state index is 0.00839. The van der Waals surface area contributed by atoms with Crippen LogP contribution >= 0.6 is 0 Å². The summed E-state index contributed by atoms with van der Waals surface area (Å²) in [4.78, 5) is 22.3. The van der Waals surface area contributed by atoms with Crippen molar-refractivity contribution < 1.29 is 4.79 Å². The maximum atomic E-state index is 13.0. The van der Waals surface area contributed by atoms with Gasteiger partial charge < -0.3 is 4.90 Å². The van der Waals surface area contributed by atoms with E-state index in [4.69, 9.17) is 4.98 Å². The van der Waals surface area contributed by atoms with Crippen LogP contribution in [-0.4, -0.2) is 66.8 Å². The van der Waals surface area contributed by atoms with E-state index in [1.165, 1.54) is 5.56 Å². The van der Waals surface area contributed by atoms with E-state index in [2.05, 4.69) is 64.4 Å². The van der Waals surface area contributed by atoms with Crippen LogP contribution in [0.2, 0.25) is 0 Å². The monoisotopic (exact) mass is 433 g/mol. The van der Waals surface area contributed by atoms with Gasteiger partial charge in [0.1, 0.15) is 11.5 Å². The zero-order valence-electron chi connectivity index (χ0n) is 19.0. The Morgan fingerprint density at radius 3 is 2.62 bits per heavy atom. The smallest absolute Gasteiger partial charge is 0.274 e. The summed E-state index contributed by atoms with van der Waals surface area (Å²) in [5.74, 6) is 2.33. The summed E-state index contributed by atoms with van der Waals surface area (Å²) in [6.45, 7) is 11.2. The normalized spacial score (nSPS) is 20.2. The topological polar surface area (TPSA) is 82.9 Å². The average Bonchev–Trinajstić information content (AvgIpc) is 3.50. The van der Waals surface area contributed by atoms with Crippen LogP contribution in [0.5, 0.6) is 0 Å². The number of aryl methyl sites for hydroxylation is 1. The van der Waals surface area contributed by atoms with Crippen molar-refractivity contribution in [1.82, 2.24) is 34.8 Å². The lowest BCUT2D eigenvalue weighted by molar-refractivity contribution is 0.00131. The van der Waals surface area contributed by atoms with Gasteiger partial charge in [-0.05, 0) is 18.6 Å². The van der Waals surface area contributed by atoms with Crippen molar-refractivity contribution in [1.29, 1.82) is 0 Å². The van der Waals surface area contributed by atoms with Crippen molar-refractivity contribution in [3.63, 3.8) is 0 Å². The second kappa shape index (κ2) is 8.16. The molecule has 5 rings (SSSR count). The molecule has 0 saturated carbocycles. The number of carbonyl (C=O) groups excluding carboxylic acids is 1. The number of amides is 1. The van der Waals surface area contributed by atoms with Gasteiger partial charge >= 0.3 is 0 Å². The van der Waals surface area contributed by atoms with Gasteiger partial charge in [0, 0.05) is 62.7 Å². The minimum Gasteiger partial charge on any atom is -0.336 e. The van der Waals surface area contributed by atoms with Gasteiger partial charge in [-0.15, -0.1) is 0 Å². The van der Waals surface area contributed by atoms with Crippen LogP contribution in [0.4, 0.5) is 0 Å². The van der Waals surface area contributed by atoms with Crippen LogP contribution < -0.4 is 0 Å². The van der Waals surface area contributed by atoms with E-state index in [1.54, 1.807) is 4.68 Å². The van der Waals surface area contributed by atoms with Crippen LogP contribution in [0.25, 0.3) is 0 Å². The van der Waals surface area contributed by atoms with Gasteiger partial charge in [-0.25, -0.2) is 4.98 Å². The number of rotatable bonds is 6. The SMILES string of the molecule is CCn1ccc(C(=O)N2CC3(CN(Cc4ccccc4)CC3c3nc(C(C)C)n[nH]3)C2)n1. The fourth-order valence-electron chi connectivity index (χ4n) is 5.10. The Balaban J connectivity index is 1.36. The molecule has 1 amide bonds. The molecule has 0 bridgehead atoms. The van der Waals surface area contributed by atoms with Gasteiger partial charge in [-0.1, -0.05) is 44.2 Å². The Hall–Kier alpha value is -3.00. The van der Waals surface area contributed by atoms with Crippen LogP contribution in [-0.2, 0) is 13.1 Å². The fourth-order valence-corrected chi connectivity index (χ4v) is 5.10. The first-order valence-electron chi connectivity index (χ1n) is 11.5. The molecule has 8 heteroatoms. The summed E-state index contributed by atoms with van der Waals surface area (Å²) in [7, 11) is 0. The molecule has 1 atom stereocenters. The summed E-state index contributed by atoms with van der Waals surface area (Å²) < 4.78 is 1.80. The average molecular weight is 434 g/mol. The first-order valence-corrected chi connectivity index (χ1v) is 11.5. The van der Waals surface area contributed by atoms with Gasteiger partial charge in [0.05, 0.1) is 0 Å². The third-order valence-corrected chi connectivity index (χ3v) is 6.82. The first-order chi connectivity index (χ1) is 15.5. The lowest BCUT2D eigenvalue weighted by Crippen LogP contribution is -2.61. The highest BCUT2D eigenvalue weighted by atomic mass is 16.2. The van der Waals surface area contributed by atoms with E-state index in [-0.39, 0.29) is 23.2 Å². The highest BCUT2D eigenvalue weighted by molar-refractivity contribution is 5.93. The molecule has 2 saturated heterocycles. The first kappa shape index (κ1) is 20.9. The Bertz CT molecular complexity index is 1080. The highest BCUT2D eigenvalue weighted by Gasteiger charge is 2.57. The number of benzene rings is 1. The fraction of sp³-hybridized carbons (Fsp3) is 0.500. The molecule has 0 radical (unpaired) electrons. The third-order valence-electron chi connectivity index (χ3n) is 6.82. The molecule has 1 aromatic carbocycles. The molecular formula is C24H31N7O. The van der Waals surface area contributed by atoms with Crippen molar-refractivity contribution in [2.45, 2.75) is 45.7 Å². The lowest BCUT2D eigenvalue weighted by Gasteiger charge is -2.50. The molecule has 1 spiro atoms. The molecule has 2 fully saturated rings. The Labute approximate surface area is 188 Å². The predicted octanol–water partition coefficient (Wildman–Crippen LogP) is 2.89. The standard InChI is InChI=1S/C24H31N7O/c1-4-31-11-10-20(28-31)23(32)30-15-24(16-30)14-29(12-18-8-6-5-7-9-18)13-19(24)22-25-21(17(2)3)26-27-22/h5-11,17,19H,4,12-16H2,1-3H3,(H,25,26,27).